The van der Waals surface area contributed by atoms with E-state index in [2.05, 4.69) is 0 Å². The van der Waals surface area contributed by atoms with Crippen LogP contribution in [0.5, 0.6) is 0 Å². The first-order valence-electron chi connectivity index (χ1n) is 5.62. The average Bonchev–Trinajstić information content (AvgIpc) is 2.26. The molecule has 2 atom stereocenters. The van der Waals surface area contributed by atoms with Gasteiger partial charge in [0.2, 0.25) is 0 Å². The molecule has 0 radical (unpaired) electrons. The maximum absolute atomic E-state index is 12.2. The number of hydrogen-bond donors (Lipinski definition) is 0. The van der Waals surface area contributed by atoms with Crippen molar-refractivity contribution in [1.29, 1.82) is 0 Å². The molecule has 0 aliphatic carbocycles. The smallest absolute Gasteiger partial charge is 0.324 e. The summed E-state index contributed by atoms with van der Waals surface area (Å²) in [6.07, 6.45) is -0.461. The van der Waals surface area contributed by atoms with Crippen LogP contribution in [0.4, 0.5) is 0 Å². The maximum atomic E-state index is 12.2. The highest BCUT2D eigenvalue weighted by atomic mass is 35.5. The zero-order chi connectivity index (χ0) is 14.2. The van der Waals surface area contributed by atoms with Crippen molar-refractivity contribution in [2.75, 3.05) is 0 Å². The van der Waals surface area contributed by atoms with E-state index in [-0.39, 0.29) is 17.0 Å². The van der Waals surface area contributed by atoms with Crippen LogP contribution in [0.15, 0.2) is 18.2 Å². The summed E-state index contributed by atoms with van der Waals surface area (Å²) in [4.78, 5) is 35.7. The Morgan fingerprint density at radius 2 is 2.00 bits per heavy atom. The van der Waals surface area contributed by atoms with Crippen molar-refractivity contribution in [3.63, 3.8) is 0 Å². The normalized spacial score (nSPS) is 23.1. The molecule has 1 fully saturated rings. The molecule has 1 aromatic rings. The Morgan fingerprint density at radius 3 is 2.58 bits per heavy atom. The number of hydrogen-bond acceptors (Lipinski definition) is 4. The molecular formula is C13H10Cl2O4. The lowest BCUT2D eigenvalue weighted by Crippen LogP contribution is -2.41. The standard InChI is InChI=1S/C13H10Cl2O4/c1-6-4-10(16)11(13(18)19-6)12(17)8-3-2-7(14)5-9(8)15/h2-3,5-6,11H,4H2,1H3. The largest absolute Gasteiger partial charge is 0.461 e. The molecule has 0 aromatic heterocycles. The van der Waals surface area contributed by atoms with E-state index in [9.17, 15) is 14.4 Å². The van der Waals surface area contributed by atoms with Crippen LogP contribution in [0.25, 0.3) is 0 Å². The van der Waals surface area contributed by atoms with E-state index in [1.165, 1.54) is 18.2 Å². The SMILES string of the molecule is CC1CC(=O)C(C(=O)c2ccc(Cl)cc2Cl)C(=O)O1. The third kappa shape index (κ3) is 2.80. The highest BCUT2D eigenvalue weighted by Gasteiger charge is 2.41. The van der Waals surface area contributed by atoms with Gasteiger partial charge >= 0.3 is 5.97 Å². The average molecular weight is 301 g/mol. The van der Waals surface area contributed by atoms with Crippen molar-refractivity contribution < 1.29 is 19.1 Å². The fraction of sp³-hybridized carbons (Fsp3) is 0.308. The van der Waals surface area contributed by atoms with Crippen molar-refractivity contribution in [2.45, 2.75) is 19.4 Å². The number of ether oxygens (including phenoxy) is 1. The van der Waals surface area contributed by atoms with Gasteiger partial charge in [0.25, 0.3) is 0 Å². The number of carbonyl (C=O) groups excluding carboxylic acids is 3. The van der Waals surface area contributed by atoms with Crippen LogP contribution in [-0.2, 0) is 14.3 Å². The third-order valence-corrected chi connectivity index (χ3v) is 3.37. The van der Waals surface area contributed by atoms with E-state index in [1.54, 1.807) is 6.92 Å². The van der Waals surface area contributed by atoms with Crippen molar-refractivity contribution >= 4 is 40.7 Å². The molecule has 1 aliphatic rings. The Morgan fingerprint density at radius 1 is 1.32 bits per heavy atom. The van der Waals surface area contributed by atoms with Crippen molar-refractivity contribution in [1.82, 2.24) is 0 Å². The number of ketones is 2. The summed E-state index contributed by atoms with van der Waals surface area (Å²) < 4.78 is 4.93. The molecule has 1 aliphatic heterocycles. The second kappa shape index (κ2) is 5.31. The number of cyclic esters (lactones) is 1. The first kappa shape index (κ1) is 14.0. The maximum Gasteiger partial charge on any atom is 0.324 e. The number of rotatable bonds is 2. The predicted molar refractivity (Wildman–Crippen MR) is 69.5 cm³/mol. The summed E-state index contributed by atoms with van der Waals surface area (Å²) in [7, 11) is 0. The zero-order valence-corrected chi connectivity index (χ0v) is 11.5. The van der Waals surface area contributed by atoms with Crippen LogP contribution in [-0.4, -0.2) is 23.6 Å². The summed E-state index contributed by atoms with van der Waals surface area (Å²) in [5.74, 6) is -3.34. The molecule has 6 heteroatoms. The summed E-state index contributed by atoms with van der Waals surface area (Å²) in [5, 5.41) is 0.476. The second-order valence-electron chi connectivity index (χ2n) is 4.34. The van der Waals surface area contributed by atoms with Gasteiger partial charge in [0, 0.05) is 17.0 Å². The lowest BCUT2D eigenvalue weighted by molar-refractivity contribution is -0.160. The van der Waals surface area contributed by atoms with Crippen molar-refractivity contribution in [2.24, 2.45) is 5.92 Å². The van der Waals surface area contributed by atoms with Gasteiger partial charge in [0.1, 0.15) is 6.10 Å². The summed E-state index contributed by atoms with van der Waals surface area (Å²) >= 11 is 11.6. The molecular weight excluding hydrogens is 291 g/mol. The number of esters is 1. The molecule has 0 amide bonds. The first-order valence-corrected chi connectivity index (χ1v) is 6.38. The van der Waals surface area contributed by atoms with E-state index in [0.29, 0.717) is 5.02 Å². The van der Waals surface area contributed by atoms with Crippen LogP contribution >= 0.6 is 23.2 Å². The highest BCUT2D eigenvalue weighted by Crippen LogP contribution is 2.27. The van der Waals surface area contributed by atoms with E-state index >= 15 is 0 Å². The van der Waals surface area contributed by atoms with Gasteiger partial charge in [-0.15, -0.1) is 0 Å². The molecule has 2 rings (SSSR count). The fourth-order valence-electron chi connectivity index (χ4n) is 1.94. The number of carbonyl (C=O) groups is 3. The summed E-state index contributed by atoms with van der Waals surface area (Å²) in [5.41, 5.74) is 0.0934. The van der Waals surface area contributed by atoms with Gasteiger partial charge in [-0.2, -0.15) is 0 Å². The van der Waals surface area contributed by atoms with Crippen LogP contribution in [0.2, 0.25) is 10.0 Å². The Hall–Kier alpha value is -1.39. The van der Waals surface area contributed by atoms with Gasteiger partial charge in [-0.05, 0) is 25.1 Å². The van der Waals surface area contributed by atoms with Crippen LogP contribution in [0.1, 0.15) is 23.7 Å². The minimum Gasteiger partial charge on any atom is -0.461 e. The van der Waals surface area contributed by atoms with Gasteiger partial charge in [-0.3, -0.25) is 14.4 Å². The van der Waals surface area contributed by atoms with Gasteiger partial charge < -0.3 is 4.74 Å². The number of halogens is 2. The minimum absolute atomic E-state index is 0.0351. The summed E-state index contributed by atoms with van der Waals surface area (Å²) in [6, 6.07) is 4.26. The molecule has 1 saturated heterocycles. The topological polar surface area (TPSA) is 60.4 Å². The van der Waals surface area contributed by atoms with Crippen LogP contribution < -0.4 is 0 Å². The van der Waals surface area contributed by atoms with E-state index in [1.807, 2.05) is 0 Å². The molecule has 1 aromatic carbocycles. The molecule has 100 valence electrons. The molecule has 4 nitrogen and oxygen atoms in total. The molecule has 0 spiro atoms. The van der Waals surface area contributed by atoms with Crippen molar-refractivity contribution in [3.8, 4) is 0 Å². The lowest BCUT2D eigenvalue weighted by atomic mass is 9.89. The number of Topliss-reactive ketones (excluding diaryl/α,β-unsaturated/α-hetero) is 2. The molecule has 1 heterocycles. The fourth-order valence-corrected chi connectivity index (χ4v) is 2.44. The minimum atomic E-state index is -1.42. The number of benzene rings is 1. The second-order valence-corrected chi connectivity index (χ2v) is 5.18. The van der Waals surface area contributed by atoms with Gasteiger partial charge in [0.15, 0.2) is 17.5 Å². The lowest BCUT2D eigenvalue weighted by Gasteiger charge is -2.24. The predicted octanol–water partition coefficient (Wildman–Crippen LogP) is 2.70. The highest BCUT2D eigenvalue weighted by molar-refractivity contribution is 6.38. The Bertz CT molecular complexity index is 550. The van der Waals surface area contributed by atoms with Gasteiger partial charge in [-0.1, -0.05) is 23.2 Å². The Labute approximate surface area is 119 Å². The quantitative estimate of drug-likeness (QED) is 0.479. The van der Waals surface area contributed by atoms with Crippen molar-refractivity contribution in [3.05, 3.63) is 33.8 Å². The van der Waals surface area contributed by atoms with Crippen LogP contribution in [0.3, 0.4) is 0 Å². The molecule has 0 bridgehead atoms. The van der Waals surface area contributed by atoms with Crippen LogP contribution in [0, 0.1) is 5.92 Å². The Kier molecular flexibility index (Phi) is 3.92. The Balaban J connectivity index is 2.33. The monoisotopic (exact) mass is 300 g/mol. The third-order valence-electron chi connectivity index (χ3n) is 2.82. The van der Waals surface area contributed by atoms with Gasteiger partial charge in [-0.25, -0.2) is 0 Å². The molecule has 0 saturated carbocycles. The van der Waals surface area contributed by atoms with Gasteiger partial charge in [0.05, 0.1) is 5.02 Å². The van der Waals surface area contributed by atoms with E-state index < -0.39 is 29.6 Å². The van der Waals surface area contributed by atoms with E-state index in [4.69, 9.17) is 27.9 Å². The van der Waals surface area contributed by atoms with E-state index in [0.717, 1.165) is 0 Å². The molecule has 0 N–H and O–H groups in total. The first-order chi connectivity index (χ1) is 8.90. The molecule has 19 heavy (non-hydrogen) atoms. The molecule has 2 unspecified atom stereocenters. The zero-order valence-electron chi connectivity index (χ0n) is 9.98. The summed E-state index contributed by atoms with van der Waals surface area (Å²) in [6.45, 7) is 1.60.